The molecule has 0 aliphatic rings. The quantitative estimate of drug-likeness (QED) is 0.213. The highest BCUT2D eigenvalue weighted by molar-refractivity contribution is 9.09. The molecule has 31 heavy (non-hydrogen) atoms. The largest absolute Gasteiger partial charge is 0.361 e. The fourth-order valence-corrected chi connectivity index (χ4v) is 5.01. The Morgan fingerprint density at radius 2 is 1.81 bits per heavy atom. The molecular formula is C22H29BrN2O4SSi. The van der Waals surface area contributed by atoms with Crippen LogP contribution in [-0.2, 0) is 25.5 Å². The molecule has 0 fully saturated rings. The molecule has 0 amide bonds. The molecule has 6 nitrogen and oxygen atoms in total. The van der Waals surface area contributed by atoms with Gasteiger partial charge in [0, 0.05) is 26.8 Å². The number of halogens is 1. The van der Waals surface area contributed by atoms with Gasteiger partial charge in [-0.1, -0.05) is 53.3 Å². The summed E-state index contributed by atoms with van der Waals surface area (Å²) < 4.78 is 35.7. The van der Waals surface area contributed by atoms with Crippen LogP contribution in [0.1, 0.15) is 22.0 Å². The number of H-pyrrole nitrogens is 1. The maximum Gasteiger partial charge on any atom is 0.296 e. The highest BCUT2D eigenvalue weighted by Gasteiger charge is 2.17. The Morgan fingerprint density at radius 3 is 2.48 bits per heavy atom. The zero-order valence-electron chi connectivity index (χ0n) is 18.3. The smallest absolute Gasteiger partial charge is 0.296 e. The van der Waals surface area contributed by atoms with E-state index < -0.39 is 18.2 Å². The number of aromatic nitrogens is 2. The van der Waals surface area contributed by atoms with Crippen molar-refractivity contribution in [3.63, 3.8) is 0 Å². The van der Waals surface area contributed by atoms with Crippen molar-refractivity contribution in [2.75, 3.05) is 13.2 Å². The summed E-state index contributed by atoms with van der Waals surface area (Å²) in [5.41, 5.74) is 4.38. The number of hydrogen-bond acceptors (Lipinski definition) is 5. The number of ether oxygens (including phenoxy) is 1. The van der Waals surface area contributed by atoms with Crippen LogP contribution >= 0.6 is 15.9 Å². The lowest BCUT2D eigenvalue weighted by molar-refractivity contribution is 0.127. The Balaban J connectivity index is 1.59. The van der Waals surface area contributed by atoms with E-state index >= 15 is 0 Å². The number of benzene rings is 1. The molecule has 1 unspecified atom stereocenters. The summed E-state index contributed by atoms with van der Waals surface area (Å²) in [5, 5.41) is -0.255. The summed E-state index contributed by atoms with van der Waals surface area (Å²) in [6.45, 7) is 9.63. The van der Waals surface area contributed by atoms with Gasteiger partial charge in [0.1, 0.15) is 0 Å². The summed E-state index contributed by atoms with van der Waals surface area (Å²) in [5.74, 6) is 0. The fourth-order valence-electron chi connectivity index (χ4n) is 2.93. The van der Waals surface area contributed by atoms with Crippen LogP contribution in [0.3, 0.4) is 0 Å². The van der Waals surface area contributed by atoms with Gasteiger partial charge in [-0.25, -0.2) is 4.98 Å². The number of aryl methyl sites for hydroxylation is 1. The van der Waals surface area contributed by atoms with E-state index in [0.29, 0.717) is 13.0 Å². The van der Waals surface area contributed by atoms with Crippen molar-refractivity contribution in [3.05, 3.63) is 59.4 Å². The number of nitrogens with one attached hydrogen (secondary N) is 1. The van der Waals surface area contributed by atoms with E-state index in [2.05, 4.69) is 45.5 Å². The maximum absolute atomic E-state index is 12.3. The number of fused-ring (bicyclic) bond motifs is 1. The lowest BCUT2D eigenvalue weighted by atomic mass is 10.2. The van der Waals surface area contributed by atoms with Gasteiger partial charge in [0.2, 0.25) is 0 Å². The predicted octanol–water partition coefficient (Wildman–Crippen LogP) is 5.57. The number of aromatic amines is 1. The first-order valence-corrected chi connectivity index (χ1v) is 16.3. The molecule has 1 atom stereocenters. The summed E-state index contributed by atoms with van der Waals surface area (Å²) >= 11 is 3.57. The third kappa shape index (κ3) is 6.98. The lowest BCUT2D eigenvalue weighted by Crippen LogP contribution is -2.21. The van der Waals surface area contributed by atoms with E-state index in [1.54, 1.807) is 24.3 Å². The van der Waals surface area contributed by atoms with Crippen LogP contribution in [0.25, 0.3) is 11.0 Å². The van der Waals surface area contributed by atoms with Crippen LogP contribution in [0.5, 0.6) is 0 Å². The van der Waals surface area contributed by atoms with Crippen LogP contribution < -0.4 is 0 Å². The van der Waals surface area contributed by atoms with Crippen molar-refractivity contribution in [2.45, 2.75) is 48.9 Å². The van der Waals surface area contributed by atoms with Crippen molar-refractivity contribution in [1.29, 1.82) is 0 Å². The van der Waals surface area contributed by atoms with Gasteiger partial charge < -0.3 is 9.72 Å². The molecule has 0 spiro atoms. The Labute approximate surface area is 193 Å². The average molecular weight is 526 g/mol. The molecule has 2 aromatic heterocycles. The van der Waals surface area contributed by atoms with Crippen molar-refractivity contribution in [2.24, 2.45) is 0 Å². The van der Waals surface area contributed by atoms with Gasteiger partial charge >= 0.3 is 0 Å². The summed E-state index contributed by atoms with van der Waals surface area (Å²) in [6, 6.07) is 13.5. The number of rotatable bonds is 10. The minimum atomic E-state index is -3.76. The van der Waals surface area contributed by atoms with Gasteiger partial charge in [0.15, 0.2) is 5.01 Å². The molecule has 2 heterocycles. The Hall–Kier alpha value is -1.52. The van der Waals surface area contributed by atoms with E-state index in [1.807, 2.05) is 25.1 Å². The monoisotopic (exact) mass is 524 g/mol. The number of pyridine rings is 1. The minimum absolute atomic E-state index is 0.0523. The van der Waals surface area contributed by atoms with E-state index in [4.69, 9.17) is 8.92 Å². The molecule has 1 aromatic carbocycles. The molecule has 0 aliphatic heterocycles. The second-order valence-corrected chi connectivity index (χ2v) is 16.9. The van der Waals surface area contributed by atoms with Crippen LogP contribution in [0.4, 0.5) is 0 Å². The van der Waals surface area contributed by atoms with Crippen LogP contribution in [0, 0.1) is 6.92 Å². The number of alkyl halides is 1. The van der Waals surface area contributed by atoms with Crippen molar-refractivity contribution in [1.82, 2.24) is 9.97 Å². The van der Waals surface area contributed by atoms with Gasteiger partial charge in [-0.2, -0.15) is 8.42 Å². The second-order valence-electron chi connectivity index (χ2n) is 8.80. The first-order valence-electron chi connectivity index (χ1n) is 10.2. The minimum Gasteiger partial charge on any atom is -0.361 e. The van der Waals surface area contributed by atoms with Gasteiger partial charge in [-0.3, -0.25) is 4.18 Å². The third-order valence-electron chi connectivity index (χ3n) is 4.82. The summed E-state index contributed by atoms with van der Waals surface area (Å²) in [6.07, 6.45) is 0.432. The Morgan fingerprint density at radius 1 is 1.10 bits per heavy atom. The summed E-state index contributed by atoms with van der Waals surface area (Å²) in [7, 11) is -4.91. The van der Waals surface area contributed by atoms with Gasteiger partial charge in [-0.05, 0) is 43.3 Å². The van der Waals surface area contributed by atoms with Gasteiger partial charge in [-0.15, -0.1) is 0 Å². The zero-order chi connectivity index (χ0) is 22.6. The van der Waals surface area contributed by atoms with Crippen molar-refractivity contribution in [3.8, 4) is 0 Å². The third-order valence-corrected chi connectivity index (χ3v) is 8.58. The highest BCUT2D eigenvalue weighted by atomic mass is 79.9. The number of hydrogen-bond donors (Lipinski definition) is 1. The molecule has 0 bridgehead atoms. The molecule has 0 aliphatic carbocycles. The topological polar surface area (TPSA) is 81.3 Å². The molecule has 3 rings (SSSR count). The lowest BCUT2D eigenvalue weighted by Gasteiger charge is -2.17. The predicted molar refractivity (Wildman–Crippen MR) is 130 cm³/mol. The van der Waals surface area contributed by atoms with E-state index in [-0.39, 0.29) is 16.5 Å². The van der Waals surface area contributed by atoms with Crippen LogP contribution in [-0.4, -0.2) is 39.7 Å². The molecule has 9 heteroatoms. The molecular weight excluding hydrogens is 496 g/mol. The van der Waals surface area contributed by atoms with E-state index in [9.17, 15) is 8.42 Å². The molecule has 0 radical (unpaired) electrons. The zero-order valence-corrected chi connectivity index (χ0v) is 21.7. The van der Waals surface area contributed by atoms with E-state index in [1.165, 1.54) is 0 Å². The van der Waals surface area contributed by atoms with Gasteiger partial charge in [0.05, 0.1) is 28.2 Å². The first kappa shape index (κ1) is 24.1. The van der Waals surface area contributed by atoms with Crippen molar-refractivity contribution < 1.29 is 17.3 Å². The second kappa shape index (κ2) is 9.95. The Bertz CT molecular complexity index is 1120. The first-order chi connectivity index (χ1) is 14.5. The fraction of sp³-hybridized carbons (Fsp3) is 0.409. The molecule has 1 N–H and O–H groups in total. The Kier molecular flexibility index (Phi) is 7.75. The standard InChI is InChI=1S/C22H29BrN2O4SSi/c1-16-5-7-18(8-6-16)30(26,27)29-12-11-17-15-21-19(24-17)9-10-20(25-21)22(23)28-13-14-31(2,3)4/h5-10,15,22,24H,11-14H2,1-4H3. The normalized spacial score (nSPS) is 13.6. The highest BCUT2D eigenvalue weighted by Crippen LogP contribution is 2.26. The SMILES string of the molecule is Cc1ccc(S(=O)(=O)OCCc2cc3nc(C(Br)OCC[Si](C)(C)C)ccc3[nH]2)cc1. The molecule has 3 aromatic rings. The molecule has 168 valence electrons. The molecule has 0 saturated heterocycles. The summed E-state index contributed by atoms with van der Waals surface area (Å²) in [4.78, 5) is 8.11. The van der Waals surface area contributed by atoms with Crippen LogP contribution in [0.15, 0.2) is 47.4 Å². The van der Waals surface area contributed by atoms with Crippen molar-refractivity contribution >= 4 is 45.2 Å². The number of nitrogens with zero attached hydrogens (tertiary/aromatic N) is 1. The van der Waals surface area contributed by atoms with E-state index in [0.717, 1.165) is 34.0 Å². The van der Waals surface area contributed by atoms with Crippen LogP contribution in [0.2, 0.25) is 25.7 Å². The molecule has 0 saturated carbocycles. The maximum atomic E-state index is 12.3. The average Bonchev–Trinajstić information content (AvgIpc) is 3.09. The van der Waals surface area contributed by atoms with Gasteiger partial charge in [0.25, 0.3) is 10.1 Å².